The molecule has 30 heavy (non-hydrogen) atoms. The lowest BCUT2D eigenvalue weighted by Crippen LogP contribution is -2.72. The van der Waals surface area contributed by atoms with Gasteiger partial charge >= 0.3 is 6.03 Å². The molecule has 2 aromatic rings. The van der Waals surface area contributed by atoms with E-state index in [0.29, 0.717) is 12.8 Å². The van der Waals surface area contributed by atoms with Gasteiger partial charge in [0.1, 0.15) is 5.54 Å². The number of urea groups is 1. The highest BCUT2D eigenvalue weighted by Crippen LogP contribution is 2.46. The molecule has 0 spiro atoms. The maximum atomic E-state index is 13.6. The largest absolute Gasteiger partial charge is 0.368 e. The number of sulfonamides is 1. The van der Waals surface area contributed by atoms with Crippen molar-refractivity contribution in [3.05, 3.63) is 65.7 Å². The number of primary amides is 2. The molecule has 8 nitrogen and oxygen atoms in total. The van der Waals surface area contributed by atoms with Crippen LogP contribution in [0.3, 0.4) is 0 Å². The van der Waals surface area contributed by atoms with Gasteiger partial charge in [-0.2, -0.15) is 4.31 Å². The summed E-state index contributed by atoms with van der Waals surface area (Å²) in [5.41, 5.74) is 11.8. The predicted octanol–water partition coefficient (Wildman–Crippen LogP) is 1.03. The standard InChI is InChI=1S/C21H24N4O4S/c22-19(26)21(18-11-10-15-6-4-5-9-17(15)18)14-24(20(23)27)12-13-25(21)30(28,29)16-7-2-1-3-8-16/h1-9,18H,10-14H2,(H2,22,26)(H2,23,27). The Bertz CT molecular complexity index is 1090. The van der Waals surface area contributed by atoms with Gasteiger partial charge in [-0.05, 0) is 36.1 Å². The third kappa shape index (κ3) is 3.05. The van der Waals surface area contributed by atoms with Gasteiger partial charge in [0.2, 0.25) is 15.9 Å². The first-order chi connectivity index (χ1) is 14.3. The first kappa shape index (κ1) is 20.4. The summed E-state index contributed by atoms with van der Waals surface area (Å²) >= 11 is 0. The summed E-state index contributed by atoms with van der Waals surface area (Å²) in [5, 5.41) is 0. The van der Waals surface area contributed by atoms with Crippen molar-refractivity contribution in [3.63, 3.8) is 0 Å². The SMILES string of the molecule is NC(=O)N1CCN(S(=O)(=O)c2ccccc2)C(C(N)=O)(C2CCc3ccccc32)C1. The van der Waals surface area contributed by atoms with Crippen LogP contribution in [0.2, 0.25) is 0 Å². The minimum atomic E-state index is -4.05. The number of nitrogens with zero attached hydrogens (tertiary/aromatic N) is 2. The number of rotatable bonds is 4. The van der Waals surface area contributed by atoms with Crippen LogP contribution in [-0.4, -0.2) is 54.7 Å². The van der Waals surface area contributed by atoms with Crippen molar-refractivity contribution in [2.24, 2.45) is 11.5 Å². The Morgan fingerprint density at radius 2 is 1.63 bits per heavy atom. The molecule has 4 rings (SSSR count). The second-order valence-corrected chi connectivity index (χ2v) is 9.59. The monoisotopic (exact) mass is 428 g/mol. The van der Waals surface area contributed by atoms with Gasteiger partial charge in [0.05, 0.1) is 11.4 Å². The zero-order chi connectivity index (χ0) is 21.5. The molecule has 158 valence electrons. The van der Waals surface area contributed by atoms with E-state index in [1.807, 2.05) is 24.3 Å². The van der Waals surface area contributed by atoms with Crippen molar-refractivity contribution in [1.29, 1.82) is 0 Å². The van der Waals surface area contributed by atoms with Crippen molar-refractivity contribution in [1.82, 2.24) is 9.21 Å². The van der Waals surface area contributed by atoms with E-state index in [1.54, 1.807) is 18.2 Å². The van der Waals surface area contributed by atoms with E-state index < -0.39 is 33.4 Å². The molecular weight excluding hydrogens is 404 g/mol. The molecule has 1 aliphatic carbocycles. The Hall–Kier alpha value is -2.91. The molecule has 0 saturated carbocycles. The van der Waals surface area contributed by atoms with Crippen molar-refractivity contribution >= 4 is 22.0 Å². The first-order valence-corrected chi connectivity index (χ1v) is 11.2. The molecule has 1 fully saturated rings. The fraction of sp³-hybridized carbons (Fsp3) is 0.333. The van der Waals surface area contributed by atoms with Gasteiger partial charge in [0, 0.05) is 19.0 Å². The number of amides is 3. The van der Waals surface area contributed by atoms with Gasteiger partial charge in [0.15, 0.2) is 0 Å². The Morgan fingerprint density at radius 3 is 2.30 bits per heavy atom. The molecule has 2 aromatic carbocycles. The van der Waals surface area contributed by atoms with Crippen LogP contribution >= 0.6 is 0 Å². The maximum absolute atomic E-state index is 13.6. The lowest BCUT2D eigenvalue weighted by molar-refractivity contribution is -0.131. The van der Waals surface area contributed by atoms with Crippen LogP contribution in [0, 0.1) is 0 Å². The number of carbonyl (C=O) groups excluding carboxylic acids is 2. The highest BCUT2D eigenvalue weighted by Gasteiger charge is 2.58. The minimum Gasteiger partial charge on any atom is -0.368 e. The van der Waals surface area contributed by atoms with E-state index in [1.165, 1.54) is 21.3 Å². The van der Waals surface area contributed by atoms with Crippen LogP contribution in [0.25, 0.3) is 0 Å². The molecule has 1 saturated heterocycles. The summed E-state index contributed by atoms with van der Waals surface area (Å²) < 4.78 is 28.5. The van der Waals surface area contributed by atoms with Crippen LogP contribution in [0.4, 0.5) is 4.79 Å². The van der Waals surface area contributed by atoms with E-state index in [4.69, 9.17) is 11.5 Å². The summed E-state index contributed by atoms with van der Waals surface area (Å²) in [6, 6.07) is 14.9. The van der Waals surface area contributed by atoms with Crippen LogP contribution in [-0.2, 0) is 21.2 Å². The van der Waals surface area contributed by atoms with E-state index >= 15 is 0 Å². The van der Waals surface area contributed by atoms with Crippen molar-refractivity contribution < 1.29 is 18.0 Å². The number of hydrogen-bond donors (Lipinski definition) is 2. The maximum Gasteiger partial charge on any atom is 0.314 e. The Labute approximate surface area is 175 Å². The number of hydrogen-bond acceptors (Lipinski definition) is 4. The molecule has 4 N–H and O–H groups in total. The molecule has 0 aromatic heterocycles. The molecule has 0 radical (unpaired) electrons. The summed E-state index contributed by atoms with van der Waals surface area (Å²) in [5.74, 6) is -1.26. The van der Waals surface area contributed by atoms with Gasteiger partial charge in [-0.1, -0.05) is 42.5 Å². The number of piperazine rings is 1. The van der Waals surface area contributed by atoms with Crippen molar-refractivity contribution in [2.45, 2.75) is 29.2 Å². The van der Waals surface area contributed by atoms with Gasteiger partial charge in [-0.25, -0.2) is 13.2 Å². The lowest BCUT2D eigenvalue weighted by Gasteiger charge is -2.50. The van der Waals surface area contributed by atoms with Gasteiger partial charge in [-0.15, -0.1) is 0 Å². The van der Waals surface area contributed by atoms with Crippen molar-refractivity contribution in [2.75, 3.05) is 19.6 Å². The highest BCUT2D eigenvalue weighted by atomic mass is 32.2. The zero-order valence-electron chi connectivity index (χ0n) is 16.4. The minimum absolute atomic E-state index is 0.0677. The van der Waals surface area contributed by atoms with E-state index in [-0.39, 0.29) is 24.5 Å². The Balaban J connectivity index is 1.91. The predicted molar refractivity (Wildman–Crippen MR) is 111 cm³/mol. The van der Waals surface area contributed by atoms with Crippen LogP contribution in [0.1, 0.15) is 23.5 Å². The average Bonchev–Trinajstić information content (AvgIpc) is 3.18. The van der Waals surface area contributed by atoms with E-state index in [0.717, 1.165) is 11.1 Å². The fourth-order valence-electron chi connectivity index (χ4n) is 4.81. The van der Waals surface area contributed by atoms with Crippen LogP contribution < -0.4 is 11.5 Å². The number of nitrogens with two attached hydrogens (primary N) is 2. The quantitative estimate of drug-likeness (QED) is 0.754. The number of benzene rings is 2. The summed E-state index contributed by atoms with van der Waals surface area (Å²) in [6.07, 6.45) is 1.25. The molecule has 1 heterocycles. The lowest BCUT2D eigenvalue weighted by atomic mass is 9.77. The van der Waals surface area contributed by atoms with Crippen LogP contribution in [0.5, 0.6) is 0 Å². The van der Waals surface area contributed by atoms with E-state index in [2.05, 4.69) is 0 Å². The number of fused-ring (bicyclic) bond motifs is 1. The number of aryl methyl sites for hydroxylation is 1. The summed E-state index contributed by atoms with van der Waals surface area (Å²) in [7, 11) is -4.05. The smallest absolute Gasteiger partial charge is 0.314 e. The average molecular weight is 429 g/mol. The molecule has 3 amide bonds. The summed E-state index contributed by atoms with van der Waals surface area (Å²) in [6.45, 7) is -0.157. The van der Waals surface area contributed by atoms with Crippen LogP contribution in [0.15, 0.2) is 59.5 Å². The Kier molecular flexibility index (Phi) is 5.03. The molecule has 1 aliphatic heterocycles. The van der Waals surface area contributed by atoms with E-state index in [9.17, 15) is 18.0 Å². The fourth-order valence-corrected chi connectivity index (χ4v) is 6.59. The van der Waals surface area contributed by atoms with Crippen molar-refractivity contribution in [3.8, 4) is 0 Å². The Morgan fingerprint density at radius 1 is 0.967 bits per heavy atom. The molecule has 2 unspecified atom stereocenters. The normalized spacial score (nSPS) is 24.4. The van der Waals surface area contributed by atoms with Gasteiger partial charge < -0.3 is 16.4 Å². The summed E-state index contributed by atoms with van der Waals surface area (Å²) in [4.78, 5) is 26.4. The highest BCUT2D eigenvalue weighted by molar-refractivity contribution is 7.89. The molecular formula is C21H24N4O4S. The third-order valence-electron chi connectivity index (χ3n) is 6.23. The second-order valence-electron chi connectivity index (χ2n) is 7.73. The first-order valence-electron chi connectivity index (χ1n) is 9.78. The molecule has 2 atom stereocenters. The molecule has 0 bridgehead atoms. The zero-order valence-corrected chi connectivity index (χ0v) is 17.2. The second kappa shape index (κ2) is 7.41. The third-order valence-corrected chi connectivity index (χ3v) is 8.19. The topological polar surface area (TPSA) is 127 Å². The number of carbonyl (C=O) groups is 2. The van der Waals surface area contributed by atoms with Gasteiger partial charge in [0.25, 0.3) is 0 Å². The molecule has 9 heteroatoms. The molecule has 2 aliphatic rings. The van der Waals surface area contributed by atoms with Gasteiger partial charge in [-0.3, -0.25) is 4.79 Å².